The van der Waals surface area contributed by atoms with Gasteiger partial charge in [0.1, 0.15) is 48.5 Å². The number of alkyl carbamates (subject to hydrolysis) is 1. The van der Waals surface area contributed by atoms with E-state index in [1.54, 1.807) is 11.3 Å². The minimum Gasteiger partial charge on any atom is -0.491 e. The van der Waals surface area contributed by atoms with Crippen LogP contribution in [0.3, 0.4) is 0 Å². The SMILES string of the molecule is CC(C)(C)OC(=O)NCCOc1ccc(Cc2cc3ccccc3s2)cc1[C@@H]1O[C@H](COCc2ccccc2)[C@@H](OCc2ccccc2)[C@H](OCc2ccccc2)[C@H]1OCc1ccccc1. The second kappa shape index (κ2) is 23.1. The van der Waals surface area contributed by atoms with Gasteiger partial charge in [-0.2, -0.15) is 0 Å². The van der Waals surface area contributed by atoms with E-state index in [-0.39, 0.29) is 19.8 Å². The molecule has 0 spiro atoms. The van der Waals surface area contributed by atoms with E-state index >= 15 is 0 Å². The molecule has 8 rings (SSSR count). The van der Waals surface area contributed by atoms with Crippen LogP contribution in [0.15, 0.2) is 170 Å². The molecule has 342 valence electrons. The first-order valence-electron chi connectivity index (χ1n) is 22.7. The van der Waals surface area contributed by atoms with Gasteiger partial charge in [0.25, 0.3) is 0 Å². The normalized spacial score (nSPS) is 18.5. The van der Waals surface area contributed by atoms with E-state index in [0.29, 0.717) is 38.6 Å². The van der Waals surface area contributed by atoms with E-state index in [9.17, 15) is 4.79 Å². The lowest BCUT2D eigenvalue weighted by molar-refractivity contribution is -0.275. The van der Waals surface area contributed by atoms with Crippen molar-refractivity contribution in [2.75, 3.05) is 19.8 Å². The van der Waals surface area contributed by atoms with Crippen molar-refractivity contribution in [3.63, 3.8) is 0 Å². The molecular formula is C56H59NO8S. The fraction of sp³-hybridized carbons (Fsp3) is 0.304. The van der Waals surface area contributed by atoms with Gasteiger partial charge in [0.15, 0.2) is 0 Å². The Hall–Kier alpha value is -5.85. The Morgan fingerprint density at radius 2 is 1.15 bits per heavy atom. The fourth-order valence-electron chi connectivity index (χ4n) is 8.05. The molecule has 1 saturated heterocycles. The number of rotatable bonds is 20. The number of thiophene rings is 1. The van der Waals surface area contributed by atoms with Crippen molar-refractivity contribution in [1.82, 2.24) is 5.32 Å². The molecule has 1 aromatic heterocycles. The van der Waals surface area contributed by atoms with Gasteiger partial charge in [0, 0.05) is 21.6 Å². The molecule has 66 heavy (non-hydrogen) atoms. The first-order valence-corrected chi connectivity index (χ1v) is 23.5. The summed E-state index contributed by atoms with van der Waals surface area (Å²) in [5, 5.41) is 4.06. The zero-order chi connectivity index (χ0) is 45.6. The van der Waals surface area contributed by atoms with Gasteiger partial charge in [-0.05, 0) is 78.2 Å². The largest absolute Gasteiger partial charge is 0.491 e. The van der Waals surface area contributed by atoms with Crippen molar-refractivity contribution in [2.45, 2.75) is 89.7 Å². The Kier molecular flexibility index (Phi) is 16.3. The highest BCUT2D eigenvalue weighted by molar-refractivity contribution is 7.19. The highest BCUT2D eigenvalue weighted by atomic mass is 32.1. The van der Waals surface area contributed by atoms with Crippen LogP contribution in [0.4, 0.5) is 4.79 Å². The molecule has 5 atom stereocenters. The third-order valence-corrected chi connectivity index (χ3v) is 12.3. The molecule has 0 radical (unpaired) electrons. The number of hydrogen-bond acceptors (Lipinski definition) is 9. The predicted octanol–water partition coefficient (Wildman–Crippen LogP) is 11.8. The lowest BCUT2D eigenvalue weighted by atomic mass is 9.89. The van der Waals surface area contributed by atoms with Crippen LogP contribution in [0.1, 0.15) is 65.1 Å². The predicted molar refractivity (Wildman–Crippen MR) is 260 cm³/mol. The minimum atomic E-state index is -0.701. The maximum atomic E-state index is 12.6. The van der Waals surface area contributed by atoms with Gasteiger partial charge in [0.2, 0.25) is 0 Å². The molecule has 0 aliphatic carbocycles. The molecule has 1 N–H and O–H groups in total. The molecule has 9 nitrogen and oxygen atoms in total. The van der Waals surface area contributed by atoms with Gasteiger partial charge < -0.3 is 38.5 Å². The van der Waals surface area contributed by atoms with Gasteiger partial charge >= 0.3 is 6.09 Å². The van der Waals surface area contributed by atoms with Gasteiger partial charge in [0.05, 0.1) is 39.6 Å². The summed E-state index contributed by atoms with van der Waals surface area (Å²) in [5.41, 5.74) is 5.37. The molecule has 2 heterocycles. The van der Waals surface area contributed by atoms with Crippen molar-refractivity contribution in [1.29, 1.82) is 0 Å². The van der Waals surface area contributed by atoms with Crippen LogP contribution in [0.2, 0.25) is 0 Å². The summed E-state index contributed by atoms with van der Waals surface area (Å²) in [4.78, 5) is 13.9. The van der Waals surface area contributed by atoms with E-state index in [0.717, 1.165) is 33.4 Å². The average Bonchev–Trinajstić information content (AvgIpc) is 3.74. The molecular weight excluding hydrogens is 847 g/mol. The standard InChI is InChI=1S/C56H59NO8S/c1-56(2,3)65-55(58)57-30-31-60-48-29-28-44(32-46-34-45-26-16-17-27-50(45)66-46)33-47(48)51-53(62-37-42-22-12-6-13-23-42)54(63-38-43-24-14-7-15-25-43)52(61-36-41-20-10-5-11-21-41)49(64-51)39-59-35-40-18-8-4-9-19-40/h4-29,33-34,49,51-54H,30-32,35-39H2,1-3H3,(H,57,58)/t49-,51+,52-,53+,54+/m1/s1. The lowest BCUT2D eigenvalue weighted by Crippen LogP contribution is -2.58. The second-order valence-corrected chi connectivity index (χ2v) is 18.6. The minimum absolute atomic E-state index is 0.185. The third kappa shape index (κ3) is 13.4. The summed E-state index contributed by atoms with van der Waals surface area (Å²) >= 11 is 1.79. The highest BCUT2D eigenvalue weighted by Gasteiger charge is 2.50. The summed E-state index contributed by atoms with van der Waals surface area (Å²) < 4.78 is 48.4. The number of amides is 1. The maximum Gasteiger partial charge on any atom is 0.407 e. The summed E-state index contributed by atoms with van der Waals surface area (Å²) in [5.74, 6) is 0.605. The monoisotopic (exact) mass is 905 g/mol. The first-order chi connectivity index (χ1) is 32.2. The topological polar surface area (TPSA) is 93.7 Å². The number of fused-ring (bicyclic) bond motifs is 1. The first kappa shape index (κ1) is 46.7. The third-order valence-electron chi connectivity index (χ3n) is 11.1. The van der Waals surface area contributed by atoms with E-state index < -0.39 is 42.2 Å². The quantitative estimate of drug-likeness (QED) is 0.0756. The van der Waals surface area contributed by atoms with E-state index in [1.165, 1.54) is 15.0 Å². The Balaban J connectivity index is 1.19. The average molecular weight is 906 g/mol. The maximum absolute atomic E-state index is 12.6. The molecule has 0 bridgehead atoms. The van der Waals surface area contributed by atoms with Gasteiger partial charge in [-0.3, -0.25) is 0 Å². The number of ether oxygens (including phenoxy) is 7. The number of hydrogen-bond donors (Lipinski definition) is 1. The molecule has 1 fully saturated rings. The summed E-state index contributed by atoms with van der Waals surface area (Å²) in [6.07, 6.45) is -3.01. The smallest absolute Gasteiger partial charge is 0.407 e. The lowest BCUT2D eigenvalue weighted by Gasteiger charge is -2.46. The molecule has 7 aromatic rings. The van der Waals surface area contributed by atoms with Crippen molar-refractivity contribution < 1.29 is 38.0 Å². The van der Waals surface area contributed by atoms with Crippen LogP contribution in [0, 0.1) is 0 Å². The van der Waals surface area contributed by atoms with Crippen LogP contribution in [0.5, 0.6) is 5.75 Å². The zero-order valence-electron chi connectivity index (χ0n) is 37.9. The van der Waals surface area contributed by atoms with Crippen LogP contribution in [-0.2, 0) is 61.3 Å². The molecule has 1 amide bonds. The van der Waals surface area contributed by atoms with E-state index in [2.05, 4.69) is 96.3 Å². The second-order valence-electron chi connectivity index (χ2n) is 17.5. The zero-order valence-corrected chi connectivity index (χ0v) is 38.7. The molecule has 1 aliphatic heterocycles. The Labute approximate surface area is 392 Å². The Bertz CT molecular complexity index is 2510. The molecule has 0 saturated carbocycles. The van der Waals surface area contributed by atoms with Crippen molar-refractivity contribution in [2.24, 2.45) is 0 Å². The molecule has 10 heteroatoms. The van der Waals surface area contributed by atoms with Gasteiger partial charge in [-0.25, -0.2) is 4.79 Å². The molecule has 6 aromatic carbocycles. The highest BCUT2D eigenvalue weighted by Crippen LogP contribution is 2.42. The van der Waals surface area contributed by atoms with E-state index in [1.807, 2.05) is 99.6 Å². The van der Waals surface area contributed by atoms with E-state index in [4.69, 9.17) is 33.2 Å². The fourth-order valence-corrected chi connectivity index (χ4v) is 9.15. The van der Waals surface area contributed by atoms with Crippen LogP contribution >= 0.6 is 11.3 Å². The number of carbonyl (C=O) groups excluding carboxylic acids is 1. The molecule has 1 aliphatic rings. The molecule has 0 unspecified atom stereocenters. The van der Waals surface area contributed by atoms with Crippen LogP contribution < -0.4 is 10.1 Å². The number of benzene rings is 6. The Morgan fingerprint density at radius 3 is 1.74 bits per heavy atom. The van der Waals surface area contributed by atoms with Gasteiger partial charge in [-0.1, -0.05) is 146 Å². The number of nitrogens with one attached hydrogen (secondary N) is 1. The van der Waals surface area contributed by atoms with Crippen LogP contribution in [-0.4, -0.2) is 55.9 Å². The van der Waals surface area contributed by atoms with Crippen LogP contribution in [0.25, 0.3) is 10.1 Å². The van der Waals surface area contributed by atoms with Crippen molar-refractivity contribution >= 4 is 27.5 Å². The summed E-state index contributed by atoms with van der Waals surface area (Å²) in [7, 11) is 0. The van der Waals surface area contributed by atoms with Crippen molar-refractivity contribution in [3.05, 3.63) is 208 Å². The number of carbonyl (C=O) groups is 1. The summed E-state index contributed by atoms with van der Waals surface area (Å²) in [6.45, 7) is 7.49. The Morgan fingerprint density at radius 1 is 0.606 bits per heavy atom. The van der Waals surface area contributed by atoms with Crippen molar-refractivity contribution in [3.8, 4) is 5.75 Å². The van der Waals surface area contributed by atoms with Gasteiger partial charge in [-0.15, -0.1) is 11.3 Å². The summed E-state index contributed by atoms with van der Waals surface area (Å²) in [6, 6.07) is 57.5.